The second kappa shape index (κ2) is 9.38. The number of piperidine rings is 1. The van der Waals surface area contributed by atoms with Crippen molar-refractivity contribution in [3.05, 3.63) is 35.9 Å². The summed E-state index contributed by atoms with van der Waals surface area (Å²) in [6.07, 6.45) is 7.15. The summed E-state index contributed by atoms with van der Waals surface area (Å²) in [6, 6.07) is 10.4. The zero-order valence-corrected chi connectivity index (χ0v) is 16.8. The molecule has 1 aliphatic carbocycles. The highest BCUT2D eigenvalue weighted by atomic mass is 16.5. The van der Waals surface area contributed by atoms with Crippen LogP contribution in [0.3, 0.4) is 0 Å². The highest BCUT2D eigenvalue weighted by molar-refractivity contribution is 5.79. The molecule has 5 heteroatoms. The molecule has 2 aliphatic heterocycles. The fourth-order valence-electron chi connectivity index (χ4n) is 5.12. The Morgan fingerprint density at radius 3 is 2.43 bits per heavy atom. The fraction of sp³-hybridized carbons (Fsp3) is 0.696. The average molecular weight is 387 g/mol. The van der Waals surface area contributed by atoms with Crippen molar-refractivity contribution in [2.24, 2.45) is 5.92 Å². The van der Waals surface area contributed by atoms with Crippen molar-refractivity contribution >= 4 is 5.91 Å². The number of amides is 1. The first-order valence-corrected chi connectivity index (χ1v) is 11.1. The molecule has 5 nitrogen and oxygen atoms in total. The third kappa shape index (κ3) is 4.58. The van der Waals surface area contributed by atoms with Gasteiger partial charge in [-0.2, -0.15) is 0 Å². The topological polar surface area (TPSA) is 53.0 Å². The Bertz CT molecular complexity index is 624. The van der Waals surface area contributed by atoms with Gasteiger partial charge in [0.05, 0.1) is 24.9 Å². The predicted octanol–water partition coefficient (Wildman–Crippen LogP) is 2.99. The minimum Gasteiger partial charge on any atom is -0.393 e. The van der Waals surface area contributed by atoms with E-state index in [0.717, 1.165) is 45.3 Å². The molecule has 1 saturated carbocycles. The summed E-state index contributed by atoms with van der Waals surface area (Å²) in [5.41, 5.74) is 1.17. The number of carbonyl (C=O) groups excluding carboxylic acids is 1. The minimum absolute atomic E-state index is 0.0149. The van der Waals surface area contributed by atoms with Gasteiger partial charge >= 0.3 is 0 Å². The average Bonchev–Trinajstić information content (AvgIpc) is 2.76. The number of aliphatic hydroxyl groups excluding tert-OH is 1. The van der Waals surface area contributed by atoms with Gasteiger partial charge in [-0.15, -0.1) is 0 Å². The van der Waals surface area contributed by atoms with Crippen LogP contribution in [0.15, 0.2) is 30.3 Å². The Morgan fingerprint density at radius 1 is 1.00 bits per heavy atom. The number of nitrogens with zero attached hydrogens (tertiary/aromatic N) is 2. The summed E-state index contributed by atoms with van der Waals surface area (Å²) in [5, 5.41) is 9.81. The van der Waals surface area contributed by atoms with Gasteiger partial charge < -0.3 is 19.6 Å². The monoisotopic (exact) mass is 386 g/mol. The molecule has 154 valence electrons. The molecule has 1 amide bonds. The lowest BCUT2D eigenvalue weighted by Gasteiger charge is -2.45. The van der Waals surface area contributed by atoms with Crippen molar-refractivity contribution in [1.29, 1.82) is 0 Å². The Kier molecular flexibility index (Phi) is 6.65. The third-order valence-electron chi connectivity index (χ3n) is 6.73. The van der Waals surface area contributed by atoms with Gasteiger partial charge in [0.2, 0.25) is 5.91 Å². The first-order chi connectivity index (χ1) is 13.7. The molecule has 2 saturated heterocycles. The van der Waals surface area contributed by atoms with E-state index in [1.54, 1.807) is 0 Å². The molecule has 1 N–H and O–H groups in total. The number of hydrogen-bond acceptors (Lipinski definition) is 4. The standard InChI is InChI=1S/C23H34N2O3/c26-20-11-13-24(14-12-20)17-21-22(18-7-3-1-4-8-18)25(15-16-28-21)23(27)19-9-5-2-6-10-19/h1,3-4,7-8,19-22,26H,2,5-6,9-17H2/t21-,22-/m0/s1. The zero-order valence-electron chi connectivity index (χ0n) is 16.8. The van der Waals surface area contributed by atoms with Gasteiger partial charge in [-0.1, -0.05) is 49.6 Å². The van der Waals surface area contributed by atoms with Gasteiger partial charge in [-0.25, -0.2) is 0 Å². The predicted molar refractivity (Wildman–Crippen MR) is 109 cm³/mol. The maximum Gasteiger partial charge on any atom is 0.226 e. The lowest BCUT2D eigenvalue weighted by atomic mass is 9.86. The quantitative estimate of drug-likeness (QED) is 0.864. The lowest BCUT2D eigenvalue weighted by Crippen LogP contribution is -2.54. The lowest BCUT2D eigenvalue weighted by molar-refractivity contribution is -0.154. The molecule has 28 heavy (non-hydrogen) atoms. The van der Waals surface area contributed by atoms with Crippen LogP contribution in [0.2, 0.25) is 0 Å². The zero-order chi connectivity index (χ0) is 19.3. The van der Waals surface area contributed by atoms with Crippen LogP contribution in [-0.2, 0) is 9.53 Å². The van der Waals surface area contributed by atoms with Crippen LogP contribution in [0.5, 0.6) is 0 Å². The Hall–Kier alpha value is -1.43. The Morgan fingerprint density at radius 2 is 1.71 bits per heavy atom. The maximum atomic E-state index is 13.4. The summed E-state index contributed by atoms with van der Waals surface area (Å²) in [7, 11) is 0. The molecular formula is C23H34N2O3. The van der Waals surface area contributed by atoms with Crippen LogP contribution in [-0.4, -0.2) is 65.8 Å². The van der Waals surface area contributed by atoms with Crippen molar-refractivity contribution in [3.8, 4) is 0 Å². The SMILES string of the molecule is O=C(C1CCCCC1)N1CCO[C@@H](CN2CCC(O)CC2)[C@@H]1c1ccccc1. The first-order valence-electron chi connectivity index (χ1n) is 11.1. The van der Waals surface area contributed by atoms with Crippen LogP contribution < -0.4 is 0 Å². The van der Waals surface area contributed by atoms with E-state index in [1.807, 2.05) is 6.07 Å². The number of aliphatic hydroxyl groups is 1. The third-order valence-corrected chi connectivity index (χ3v) is 6.73. The minimum atomic E-state index is -0.169. The highest BCUT2D eigenvalue weighted by Crippen LogP contribution is 2.34. The van der Waals surface area contributed by atoms with Crippen molar-refractivity contribution in [2.45, 2.75) is 63.2 Å². The van der Waals surface area contributed by atoms with Gasteiger partial charge in [0.1, 0.15) is 0 Å². The normalized spacial score (nSPS) is 28.4. The summed E-state index contributed by atoms with van der Waals surface area (Å²) in [5.74, 6) is 0.514. The Labute approximate surface area is 168 Å². The molecule has 4 rings (SSSR count). The number of carbonyl (C=O) groups is 1. The van der Waals surface area contributed by atoms with Crippen molar-refractivity contribution < 1.29 is 14.6 Å². The molecule has 1 aromatic rings. The molecule has 0 radical (unpaired) electrons. The van der Waals surface area contributed by atoms with Crippen LogP contribution in [0.1, 0.15) is 56.6 Å². The van der Waals surface area contributed by atoms with Gasteiger partial charge in [0.25, 0.3) is 0 Å². The van der Waals surface area contributed by atoms with E-state index >= 15 is 0 Å². The van der Waals surface area contributed by atoms with E-state index in [4.69, 9.17) is 4.74 Å². The number of rotatable bonds is 4. The fourth-order valence-corrected chi connectivity index (χ4v) is 5.12. The van der Waals surface area contributed by atoms with Crippen LogP contribution in [0.25, 0.3) is 0 Å². The van der Waals surface area contributed by atoms with Crippen LogP contribution in [0, 0.1) is 5.92 Å². The van der Waals surface area contributed by atoms with E-state index < -0.39 is 0 Å². The second-order valence-corrected chi connectivity index (χ2v) is 8.66. The smallest absolute Gasteiger partial charge is 0.226 e. The molecule has 1 aromatic carbocycles. The summed E-state index contributed by atoms with van der Waals surface area (Å²) >= 11 is 0. The van der Waals surface area contributed by atoms with Crippen molar-refractivity contribution in [3.63, 3.8) is 0 Å². The maximum absolute atomic E-state index is 13.4. The van der Waals surface area contributed by atoms with Gasteiger partial charge in [0, 0.05) is 32.1 Å². The van der Waals surface area contributed by atoms with Gasteiger partial charge in [-0.05, 0) is 31.2 Å². The highest BCUT2D eigenvalue weighted by Gasteiger charge is 2.39. The number of benzene rings is 1. The molecule has 2 heterocycles. The van der Waals surface area contributed by atoms with E-state index in [1.165, 1.54) is 24.8 Å². The van der Waals surface area contributed by atoms with Crippen molar-refractivity contribution in [1.82, 2.24) is 9.80 Å². The summed E-state index contributed by atoms with van der Waals surface area (Å²) < 4.78 is 6.24. The molecule has 0 spiro atoms. The summed E-state index contributed by atoms with van der Waals surface area (Å²) in [4.78, 5) is 18.0. The summed E-state index contributed by atoms with van der Waals surface area (Å²) in [6.45, 7) is 3.92. The van der Waals surface area contributed by atoms with Crippen LogP contribution in [0.4, 0.5) is 0 Å². The molecular weight excluding hydrogens is 352 g/mol. The van der Waals surface area contributed by atoms with Crippen LogP contribution >= 0.6 is 0 Å². The van der Waals surface area contributed by atoms with Crippen molar-refractivity contribution in [2.75, 3.05) is 32.8 Å². The number of morpholine rings is 1. The molecule has 0 aromatic heterocycles. The molecule has 3 aliphatic rings. The first kappa shape index (κ1) is 19.9. The largest absolute Gasteiger partial charge is 0.393 e. The Balaban J connectivity index is 1.53. The second-order valence-electron chi connectivity index (χ2n) is 8.66. The molecule has 0 unspecified atom stereocenters. The van der Waals surface area contributed by atoms with Gasteiger partial charge in [0.15, 0.2) is 0 Å². The molecule has 0 bridgehead atoms. The molecule has 2 atom stereocenters. The van der Waals surface area contributed by atoms with E-state index in [9.17, 15) is 9.90 Å². The number of hydrogen-bond donors (Lipinski definition) is 1. The van der Waals surface area contributed by atoms with E-state index in [0.29, 0.717) is 19.1 Å². The number of likely N-dealkylation sites (tertiary alicyclic amines) is 1. The molecule has 3 fully saturated rings. The number of ether oxygens (including phenoxy) is 1. The van der Waals surface area contributed by atoms with E-state index in [-0.39, 0.29) is 24.2 Å². The van der Waals surface area contributed by atoms with E-state index in [2.05, 4.69) is 34.1 Å². The van der Waals surface area contributed by atoms with Gasteiger partial charge in [-0.3, -0.25) is 4.79 Å².